The van der Waals surface area contributed by atoms with Crippen LogP contribution in [0, 0.1) is 0 Å². The minimum atomic E-state index is -4.14. The van der Waals surface area contributed by atoms with Crippen molar-refractivity contribution >= 4 is 49.1 Å². The maximum absolute atomic E-state index is 13.2. The molecule has 3 rings (SSSR count). The Balaban J connectivity index is 1.76. The second-order valence-corrected chi connectivity index (χ2v) is 14.9. The van der Waals surface area contributed by atoms with Gasteiger partial charge in [0.15, 0.2) is 0 Å². The van der Waals surface area contributed by atoms with Crippen LogP contribution in [0.3, 0.4) is 0 Å². The fourth-order valence-electron chi connectivity index (χ4n) is 4.07. The Morgan fingerprint density at radius 1 is 0.953 bits per heavy atom. The zero-order valence-electron chi connectivity index (χ0n) is 23.9. The summed E-state index contributed by atoms with van der Waals surface area (Å²) < 4.78 is 57.1. The minimum Gasteiger partial charge on any atom is -0.478 e. The summed E-state index contributed by atoms with van der Waals surface area (Å²) in [6.45, 7) is 5.37. The maximum Gasteiger partial charge on any atom is 0.337 e. The van der Waals surface area contributed by atoms with E-state index in [4.69, 9.17) is 16.3 Å². The lowest BCUT2D eigenvalue weighted by Gasteiger charge is -2.27. The number of hydrogen-bond donors (Lipinski definition) is 4. The van der Waals surface area contributed by atoms with Gasteiger partial charge in [0.25, 0.3) is 0 Å². The van der Waals surface area contributed by atoms with Gasteiger partial charge in [0, 0.05) is 11.6 Å². The number of benzene rings is 3. The summed E-state index contributed by atoms with van der Waals surface area (Å²) in [5, 5.41) is 23.9. The number of carboxylic acids is 1. The van der Waals surface area contributed by atoms with Crippen molar-refractivity contribution in [1.82, 2.24) is 5.32 Å². The molecule has 0 fully saturated rings. The molecule has 0 bridgehead atoms. The van der Waals surface area contributed by atoms with Crippen molar-refractivity contribution in [1.29, 1.82) is 0 Å². The maximum atomic E-state index is 13.2. The van der Waals surface area contributed by atoms with Gasteiger partial charge in [0.1, 0.15) is 17.7 Å². The average Bonchev–Trinajstić information content (AvgIpc) is 2.89. The molecule has 43 heavy (non-hydrogen) atoms. The van der Waals surface area contributed by atoms with E-state index in [0.29, 0.717) is 22.6 Å². The Kier molecular flexibility index (Phi) is 10.6. The van der Waals surface area contributed by atoms with E-state index in [1.165, 1.54) is 12.1 Å². The van der Waals surface area contributed by atoms with Crippen molar-refractivity contribution in [2.45, 2.75) is 54.7 Å². The third-order valence-electron chi connectivity index (χ3n) is 6.01. The summed E-state index contributed by atoms with van der Waals surface area (Å²) in [6, 6.07) is 14.4. The monoisotopic (exact) mass is 652 g/mol. The van der Waals surface area contributed by atoms with Gasteiger partial charge in [-0.25, -0.2) is 21.6 Å². The molecule has 2 atom stereocenters. The smallest absolute Gasteiger partial charge is 0.337 e. The van der Waals surface area contributed by atoms with Crippen molar-refractivity contribution < 1.29 is 41.4 Å². The molecule has 0 aromatic heterocycles. The molecule has 3 aromatic carbocycles. The van der Waals surface area contributed by atoms with E-state index < -0.39 is 55.1 Å². The molecular formula is C29H33ClN2O9S2. The van der Waals surface area contributed by atoms with Gasteiger partial charge in [-0.05, 0) is 80.8 Å². The quantitative estimate of drug-likeness (QED) is 0.210. The van der Waals surface area contributed by atoms with Gasteiger partial charge < -0.3 is 20.3 Å². The zero-order chi connectivity index (χ0) is 32.2. The van der Waals surface area contributed by atoms with Crippen LogP contribution in [0.4, 0.5) is 5.69 Å². The van der Waals surface area contributed by atoms with Crippen molar-refractivity contribution in [2.24, 2.45) is 0 Å². The lowest BCUT2D eigenvalue weighted by atomic mass is 10.0. The van der Waals surface area contributed by atoms with Crippen LogP contribution < -0.4 is 10.0 Å². The van der Waals surface area contributed by atoms with Gasteiger partial charge in [-0.1, -0.05) is 35.9 Å². The normalized spacial score (nSPS) is 13.6. The van der Waals surface area contributed by atoms with Crippen LogP contribution >= 0.6 is 11.6 Å². The van der Waals surface area contributed by atoms with E-state index >= 15 is 0 Å². The molecule has 3 aromatic rings. The molecule has 0 spiro atoms. The number of carbonyl (C=O) groups is 2. The molecule has 0 aliphatic carbocycles. The number of aliphatic hydroxyl groups excluding tert-OH is 1. The number of carbonyl (C=O) groups excluding carboxylic acids is 1. The highest BCUT2D eigenvalue weighted by molar-refractivity contribution is 7.92. The molecule has 0 aliphatic heterocycles. The molecule has 4 N–H and O–H groups in total. The van der Waals surface area contributed by atoms with Gasteiger partial charge in [0.05, 0.1) is 27.3 Å². The molecule has 0 amide bonds. The number of aromatic carboxylic acids is 1. The third kappa shape index (κ3) is 9.50. The largest absolute Gasteiger partial charge is 0.478 e. The van der Waals surface area contributed by atoms with Gasteiger partial charge in [-0.3, -0.25) is 9.52 Å². The Bertz CT molecular complexity index is 1700. The van der Waals surface area contributed by atoms with E-state index in [1.54, 1.807) is 57.2 Å². The number of nitrogens with one attached hydrogen (secondary N) is 2. The molecule has 14 heteroatoms. The lowest BCUT2D eigenvalue weighted by Crippen LogP contribution is -2.46. The van der Waals surface area contributed by atoms with Crippen LogP contribution in [0.2, 0.25) is 5.02 Å². The van der Waals surface area contributed by atoms with E-state index in [1.807, 2.05) is 0 Å². The molecule has 0 aliphatic rings. The van der Waals surface area contributed by atoms with Crippen LogP contribution in [-0.2, 0) is 35.8 Å². The van der Waals surface area contributed by atoms with Crippen molar-refractivity contribution in [2.75, 3.05) is 17.5 Å². The molecular weight excluding hydrogens is 620 g/mol. The van der Waals surface area contributed by atoms with Gasteiger partial charge in [-0.2, -0.15) is 0 Å². The summed E-state index contributed by atoms with van der Waals surface area (Å²) in [4.78, 5) is 24.2. The molecule has 0 saturated carbocycles. The minimum absolute atomic E-state index is 0.104. The molecule has 1 unspecified atom stereocenters. The Labute approximate surface area is 255 Å². The second kappa shape index (κ2) is 13.4. The van der Waals surface area contributed by atoms with Crippen LogP contribution in [0.25, 0.3) is 0 Å². The Morgan fingerprint density at radius 3 is 2.14 bits per heavy atom. The highest BCUT2D eigenvalue weighted by Gasteiger charge is 2.32. The van der Waals surface area contributed by atoms with Crippen molar-refractivity contribution in [3.8, 4) is 0 Å². The number of ether oxygens (including phenoxy) is 1. The predicted molar refractivity (Wildman–Crippen MR) is 162 cm³/mol. The lowest BCUT2D eigenvalue weighted by molar-refractivity contribution is -0.160. The summed E-state index contributed by atoms with van der Waals surface area (Å²) >= 11 is 6.06. The van der Waals surface area contributed by atoms with Crippen LogP contribution in [0.15, 0.2) is 76.5 Å². The van der Waals surface area contributed by atoms with Gasteiger partial charge >= 0.3 is 11.9 Å². The molecule has 232 valence electrons. The number of hydrogen-bond acceptors (Lipinski definition) is 9. The predicted octanol–water partition coefficient (Wildman–Crippen LogP) is 3.82. The Hall–Kier alpha value is -3.49. The van der Waals surface area contributed by atoms with Crippen LogP contribution in [-0.4, -0.2) is 63.4 Å². The highest BCUT2D eigenvalue weighted by Crippen LogP contribution is 2.27. The first-order valence-electron chi connectivity index (χ1n) is 13.0. The fourth-order valence-corrected chi connectivity index (χ4v) is 6.13. The first-order chi connectivity index (χ1) is 19.9. The average molecular weight is 653 g/mol. The molecule has 11 nitrogen and oxygen atoms in total. The highest BCUT2D eigenvalue weighted by atomic mass is 35.5. The number of esters is 1. The van der Waals surface area contributed by atoms with Crippen LogP contribution in [0.5, 0.6) is 0 Å². The first kappa shape index (κ1) is 34.0. The number of sulfonamides is 1. The number of sulfone groups is 1. The van der Waals surface area contributed by atoms with Crippen LogP contribution in [0.1, 0.15) is 48.4 Å². The number of halogens is 1. The number of carboxylic acid groups (broad SMARTS) is 1. The summed E-state index contributed by atoms with van der Waals surface area (Å²) in [5.74, 6) is -2.16. The topological polar surface area (TPSA) is 176 Å². The molecule has 0 heterocycles. The van der Waals surface area contributed by atoms with Gasteiger partial charge in [0.2, 0.25) is 19.9 Å². The standard InChI is InChI=1S/C29H33ClN2O9S2/c1-29(2,3)41-28(36)25(26(33)19-6-5-7-20(30)16-19)31-15-14-18-8-10-21(11-9-18)43(39,40)22-12-13-24(32-42(4,37)38)23(17-22)27(34)35/h5-13,16-17,25-26,31-33H,14-15H2,1-4H3,(H,34,35)/t25?,26-/m1/s1. The van der Waals surface area contributed by atoms with Crippen molar-refractivity contribution in [3.05, 3.63) is 88.4 Å². The van der Waals surface area contributed by atoms with E-state index in [0.717, 1.165) is 24.5 Å². The third-order valence-corrected chi connectivity index (χ3v) is 8.60. The van der Waals surface area contributed by atoms with E-state index in [9.17, 15) is 36.6 Å². The first-order valence-corrected chi connectivity index (χ1v) is 16.7. The summed E-state index contributed by atoms with van der Waals surface area (Å²) in [5.41, 5.74) is -0.430. The Morgan fingerprint density at radius 2 is 1.58 bits per heavy atom. The van der Waals surface area contributed by atoms with E-state index in [-0.39, 0.29) is 22.0 Å². The number of anilines is 1. The zero-order valence-corrected chi connectivity index (χ0v) is 26.3. The number of aliphatic hydroxyl groups is 1. The SMILES string of the molecule is CC(C)(C)OC(=O)C(NCCc1ccc(S(=O)(=O)c2ccc(NS(C)(=O)=O)c(C(=O)O)c2)cc1)[C@H](O)c1cccc(Cl)c1. The van der Waals surface area contributed by atoms with Crippen molar-refractivity contribution in [3.63, 3.8) is 0 Å². The molecule has 0 radical (unpaired) electrons. The summed E-state index contributed by atoms with van der Waals surface area (Å²) in [7, 11) is -7.94. The van der Waals surface area contributed by atoms with E-state index in [2.05, 4.69) is 10.0 Å². The fraction of sp³-hybridized carbons (Fsp3) is 0.310. The molecule has 0 saturated heterocycles. The number of rotatable bonds is 12. The second-order valence-electron chi connectivity index (χ2n) is 10.7. The van der Waals surface area contributed by atoms with Gasteiger partial charge in [-0.15, -0.1) is 0 Å². The summed E-state index contributed by atoms with van der Waals surface area (Å²) in [6.07, 6.45) is -0.0491.